The van der Waals surface area contributed by atoms with Gasteiger partial charge in [0.1, 0.15) is 5.82 Å². The molecule has 2 aromatic rings. The maximum Gasteiger partial charge on any atom is 0.310 e. The Morgan fingerprint density at radius 3 is 2.42 bits per heavy atom. The van der Waals surface area contributed by atoms with Crippen LogP contribution in [0.2, 0.25) is 5.02 Å². The molecule has 0 aliphatic carbocycles. The Balaban J connectivity index is 1.89. The number of benzene rings is 2. The summed E-state index contributed by atoms with van der Waals surface area (Å²) in [5.74, 6) is -1.90. The van der Waals surface area contributed by atoms with Crippen molar-refractivity contribution in [1.82, 2.24) is 0 Å². The second-order valence-corrected chi connectivity index (χ2v) is 5.85. The lowest BCUT2D eigenvalue weighted by Crippen LogP contribution is -2.16. The number of carbonyl (C=O) groups excluding carboxylic acids is 3. The van der Waals surface area contributed by atoms with Gasteiger partial charge in [-0.2, -0.15) is 0 Å². The van der Waals surface area contributed by atoms with Crippen molar-refractivity contribution in [2.24, 2.45) is 0 Å². The van der Waals surface area contributed by atoms with E-state index < -0.39 is 24.2 Å². The Hall–Kier alpha value is -2.73. The van der Waals surface area contributed by atoms with Gasteiger partial charge in [0.25, 0.3) is 0 Å². The molecule has 0 fully saturated rings. The maximum absolute atomic E-state index is 13.6. The fraction of sp³-hybridized carbons (Fsp3) is 0.211. The standard InChI is InChI=1S/C19H17ClFNO4/c1-2-18(24)22-13-8-6-12(7-9-13)17(23)11-26-19(25)10-14-15(20)4-3-5-16(14)21/h3-9H,2,10-11H2,1H3,(H,22,24). The highest BCUT2D eigenvalue weighted by atomic mass is 35.5. The van der Waals surface area contributed by atoms with Crippen molar-refractivity contribution in [1.29, 1.82) is 0 Å². The molecular formula is C19H17ClFNO4. The first kappa shape index (κ1) is 19.6. The summed E-state index contributed by atoms with van der Waals surface area (Å²) in [4.78, 5) is 35.2. The van der Waals surface area contributed by atoms with Gasteiger partial charge in [0.05, 0.1) is 6.42 Å². The molecule has 0 spiro atoms. The lowest BCUT2D eigenvalue weighted by atomic mass is 10.1. The van der Waals surface area contributed by atoms with E-state index in [1.165, 1.54) is 30.3 Å². The quantitative estimate of drug-likeness (QED) is 0.588. The zero-order valence-corrected chi connectivity index (χ0v) is 14.8. The predicted molar refractivity (Wildman–Crippen MR) is 95.8 cm³/mol. The van der Waals surface area contributed by atoms with Crippen LogP contribution in [0.1, 0.15) is 29.3 Å². The second-order valence-electron chi connectivity index (χ2n) is 5.44. The van der Waals surface area contributed by atoms with E-state index in [1.807, 2.05) is 0 Å². The summed E-state index contributed by atoms with van der Waals surface area (Å²) in [6, 6.07) is 10.3. The lowest BCUT2D eigenvalue weighted by molar-refractivity contribution is -0.141. The van der Waals surface area contributed by atoms with Crippen molar-refractivity contribution in [3.05, 3.63) is 64.4 Å². The van der Waals surface area contributed by atoms with Gasteiger partial charge in [0.2, 0.25) is 5.91 Å². The summed E-state index contributed by atoms with van der Waals surface area (Å²) in [6.07, 6.45) is -0.0105. The second kappa shape index (κ2) is 9.10. The highest BCUT2D eigenvalue weighted by Gasteiger charge is 2.15. The normalized spacial score (nSPS) is 10.3. The summed E-state index contributed by atoms with van der Waals surface area (Å²) in [5.41, 5.74) is 0.929. The van der Waals surface area contributed by atoms with E-state index in [2.05, 4.69) is 5.32 Å². The average molecular weight is 378 g/mol. The number of esters is 1. The fourth-order valence-electron chi connectivity index (χ4n) is 2.11. The first-order chi connectivity index (χ1) is 12.4. The first-order valence-corrected chi connectivity index (χ1v) is 8.30. The fourth-order valence-corrected chi connectivity index (χ4v) is 2.34. The number of ether oxygens (including phenoxy) is 1. The Bertz CT molecular complexity index is 801. The molecule has 1 N–H and O–H groups in total. The molecule has 0 heterocycles. The molecule has 0 saturated heterocycles. The highest BCUT2D eigenvalue weighted by Crippen LogP contribution is 2.19. The van der Waals surface area contributed by atoms with Crippen LogP contribution in [0.5, 0.6) is 0 Å². The van der Waals surface area contributed by atoms with Crippen LogP contribution in [0.25, 0.3) is 0 Å². The lowest BCUT2D eigenvalue weighted by Gasteiger charge is -2.08. The molecule has 0 unspecified atom stereocenters. The molecule has 136 valence electrons. The Kier molecular flexibility index (Phi) is 6.86. The number of rotatable bonds is 7. The molecule has 0 saturated carbocycles. The van der Waals surface area contributed by atoms with E-state index in [4.69, 9.17) is 16.3 Å². The summed E-state index contributed by atoms with van der Waals surface area (Å²) in [7, 11) is 0. The van der Waals surface area contributed by atoms with Crippen molar-refractivity contribution in [3.8, 4) is 0 Å². The van der Waals surface area contributed by atoms with E-state index in [0.717, 1.165) is 0 Å². The molecule has 2 aromatic carbocycles. The first-order valence-electron chi connectivity index (χ1n) is 7.92. The SMILES string of the molecule is CCC(=O)Nc1ccc(C(=O)COC(=O)Cc2c(F)cccc2Cl)cc1. The van der Waals surface area contributed by atoms with Crippen LogP contribution >= 0.6 is 11.6 Å². The molecule has 0 aliphatic rings. The number of halogens is 2. The number of nitrogens with one attached hydrogen (secondary N) is 1. The highest BCUT2D eigenvalue weighted by molar-refractivity contribution is 6.31. The smallest absolute Gasteiger partial charge is 0.310 e. The number of hydrogen-bond donors (Lipinski definition) is 1. The molecular weight excluding hydrogens is 361 g/mol. The molecule has 0 aromatic heterocycles. The number of Topliss-reactive ketones (excluding diaryl/α,β-unsaturated/α-hetero) is 1. The largest absolute Gasteiger partial charge is 0.457 e. The molecule has 7 heteroatoms. The zero-order valence-electron chi connectivity index (χ0n) is 14.1. The number of amides is 1. The minimum atomic E-state index is -0.753. The van der Waals surface area contributed by atoms with Gasteiger partial charge in [-0.25, -0.2) is 4.39 Å². The molecule has 0 atom stereocenters. The average Bonchev–Trinajstić information content (AvgIpc) is 2.63. The number of ketones is 1. The van der Waals surface area contributed by atoms with E-state index in [0.29, 0.717) is 17.7 Å². The molecule has 1 amide bonds. The topological polar surface area (TPSA) is 72.5 Å². The van der Waals surface area contributed by atoms with E-state index in [-0.39, 0.29) is 22.9 Å². The van der Waals surface area contributed by atoms with Crippen molar-refractivity contribution in [2.75, 3.05) is 11.9 Å². The predicted octanol–water partition coefficient (Wildman–Crippen LogP) is 3.80. The van der Waals surface area contributed by atoms with E-state index in [1.54, 1.807) is 19.1 Å². The van der Waals surface area contributed by atoms with Gasteiger partial charge in [-0.05, 0) is 36.4 Å². The van der Waals surface area contributed by atoms with Gasteiger partial charge in [-0.3, -0.25) is 14.4 Å². The van der Waals surface area contributed by atoms with Crippen LogP contribution in [-0.2, 0) is 20.7 Å². The number of anilines is 1. The number of hydrogen-bond acceptors (Lipinski definition) is 4. The van der Waals surface area contributed by atoms with Crippen LogP contribution in [0.15, 0.2) is 42.5 Å². The number of carbonyl (C=O) groups is 3. The monoisotopic (exact) mass is 377 g/mol. The van der Waals surface area contributed by atoms with Gasteiger partial charge < -0.3 is 10.1 Å². The third-order valence-corrected chi connectivity index (χ3v) is 3.91. The summed E-state index contributed by atoms with van der Waals surface area (Å²) >= 11 is 5.85. The van der Waals surface area contributed by atoms with Gasteiger partial charge in [-0.1, -0.05) is 24.6 Å². The van der Waals surface area contributed by atoms with Crippen LogP contribution < -0.4 is 5.32 Å². The zero-order chi connectivity index (χ0) is 19.1. The van der Waals surface area contributed by atoms with Gasteiger partial charge in [-0.15, -0.1) is 0 Å². The Labute approximate surface area is 155 Å². The molecule has 26 heavy (non-hydrogen) atoms. The summed E-state index contributed by atoms with van der Waals surface area (Å²) < 4.78 is 18.5. The Morgan fingerprint density at radius 2 is 1.81 bits per heavy atom. The third kappa shape index (κ3) is 5.39. The molecule has 0 bridgehead atoms. The summed E-state index contributed by atoms with van der Waals surface area (Å²) in [5, 5.41) is 2.79. The van der Waals surface area contributed by atoms with Gasteiger partial charge in [0, 0.05) is 28.3 Å². The van der Waals surface area contributed by atoms with Gasteiger partial charge in [0.15, 0.2) is 12.4 Å². The van der Waals surface area contributed by atoms with Gasteiger partial charge >= 0.3 is 5.97 Å². The minimum absolute atomic E-state index is 0.0302. The molecule has 2 rings (SSSR count). The van der Waals surface area contributed by atoms with Crippen molar-refractivity contribution < 1.29 is 23.5 Å². The maximum atomic E-state index is 13.6. The minimum Gasteiger partial charge on any atom is -0.457 e. The van der Waals surface area contributed by atoms with Crippen molar-refractivity contribution in [3.63, 3.8) is 0 Å². The van der Waals surface area contributed by atoms with Crippen LogP contribution in [-0.4, -0.2) is 24.3 Å². The van der Waals surface area contributed by atoms with Crippen molar-refractivity contribution in [2.45, 2.75) is 19.8 Å². The molecule has 0 radical (unpaired) electrons. The summed E-state index contributed by atoms with van der Waals surface area (Å²) in [6.45, 7) is 1.27. The van der Waals surface area contributed by atoms with E-state index in [9.17, 15) is 18.8 Å². The van der Waals surface area contributed by atoms with Crippen LogP contribution in [0.4, 0.5) is 10.1 Å². The molecule has 0 aliphatic heterocycles. The third-order valence-electron chi connectivity index (χ3n) is 3.56. The molecule has 5 nitrogen and oxygen atoms in total. The van der Waals surface area contributed by atoms with Crippen LogP contribution in [0.3, 0.4) is 0 Å². The van der Waals surface area contributed by atoms with E-state index >= 15 is 0 Å². The van der Waals surface area contributed by atoms with Crippen LogP contribution in [0, 0.1) is 5.82 Å². The Morgan fingerprint density at radius 1 is 1.12 bits per heavy atom. The van der Waals surface area contributed by atoms with Crippen molar-refractivity contribution >= 4 is 34.9 Å².